The van der Waals surface area contributed by atoms with Gasteiger partial charge in [-0.05, 0) is 18.2 Å². The maximum absolute atomic E-state index is 12.3. The van der Waals surface area contributed by atoms with Gasteiger partial charge in [-0.15, -0.1) is 0 Å². The predicted octanol–water partition coefficient (Wildman–Crippen LogP) is 3.04. The van der Waals surface area contributed by atoms with Crippen molar-refractivity contribution in [2.75, 3.05) is 13.6 Å². The number of para-hydroxylation sites is 1. The second kappa shape index (κ2) is 6.83. The molecule has 6 nitrogen and oxygen atoms in total. The Bertz CT molecular complexity index is 751. The molecule has 1 amide bonds. The monoisotopic (exact) mass is 311 g/mol. The van der Waals surface area contributed by atoms with E-state index in [0.29, 0.717) is 24.8 Å². The molecule has 0 spiro atoms. The topological polar surface area (TPSA) is 60.5 Å². The van der Waals surface area contributed by atoms with Gasteiger partial charge in [0.15, 0.2) is 5.76 Å². The summed E-state index contributed by atoms with van der Waals surface area (Å²) in [6, 6.07) is 12.5. The number of imidazole rings is 1. The van der Waals surface area contributed by atoms with E-state index in [2.05, 4.69) is 4.98 Å². The van der Waals surface area contributed by atoms with Crippen molar-refractivity contribution in [1.29, 1.82) is 0 Å². The molecule has 23 heavy (non-hydrogen) atoms. The normalized spacial score (nSPS) is 10.5. The van der Waals surface area contributed by atoms with Crippen molar-refractivity contribution in [2.45, 2.75) is 6.54 Å². The van der Waals surface area contributed by atoms with Crippen LogP contribution in [0.25, 0.3) is 0 Å². The van der Waals surface area contributed by atoms with Crippen LogP contribution >= 0.6 is 0 Å². The van der Waals surface area contributed by atoms with E-state index in [0.717, 1.165) is 0 Å². The fourth-order valence-electron chi connectivity index (χ4n) is 2.07. The quantitative estimate of drug-likeness (QED) is 0.702. The van der Waals surface area contributed by atoms with Gasteiger partial charge in [0.25, 0.3) is 11.9 Å². The molecule has 0 atom stereocenters. The lowest BCUT2D eigenvalue weighted by atomic mass is 10.3. The zero-order valence-corrected chi connectivity index (χ0v) is 12.8. The van der Waals surface area contributed by atoms with Gasteiger partial charge in [-0.25, -0.2) is 4.98 Å². The molecular weight excluding hydrogens is 294 g/mol. The van der Waals surface area contributed by atoms with E-state index in [9.17, 15) is 4.79 Å². The standard InChI is InChI=1S/C17H17N3O3/c1-19(11-12-20-10-9-18-13-20)17(21)15-7-8-16(23-15)22-14-5-3-2-4-6-14/h2-10,13H,11-12H2,1H3. The van der Waals surface area contributed by atoms with Crippen LogP contribution in [0.2, 0.25) is 0 Å². The van der Waals surface area contributed by atoms with Gasteiger partial charge in [0.1, 0.15) is 5.75 Å². The highest BCUT2D eigenvalue weighted by Crippen LogP contribution is 2.23. The Morgan fingerprint density at radius 2 is 2.09 bits per heavy atom. The molecule has 2 heterocycles. The third kappa shape index (κ3) is 3.79. The van der Waals surface area contributed by atoms with Gasteiger partial charge in [0.05, 0.1) is 6.33 Å². The number of carbonyl (C=O) groups excluding carboxylic acids is 1. The summed E-state index contributed by atoms with van der Waals surface area (Å²) in [5.41, 5.74) is 0. The van der Waals surface area contributed by atoms with E-state index < -0.39 is 0 Å². The van der Waals surface area contributed by atoms with Crippen molar-refractivity contribution < 1.29 is 13.9 Å². The minimum Gasteiger partial charge on any atom is -0.426 e. The van der Waals surface area contributed by atoms with Gasteiger partial charge in [-0.2, -0.15) is 0 Å². The molecule has 0 fully saturated rings. The van der Waals surface area contributed by atoms with Crippen molar-refractivity contribution in [2.24, 2.45) is 0 Å². The van der Waals surface area contributed by atoms with E-state index in [-0.39, 0.29) is 11.7 Å². The molecule has 3 aromatic rings. The zero-order valence-electron chi connectivity index (χ0n) is 12.8. The number of likely N-dealkylation sites (N-methyl/N-ethyl adjacent to an activating group) is 1. The molecule has 1 aromatic carbocycles. The van der Waals surface area contributed by atoms with E-state index in [1.165, 1.54) is 0 Å². The van der Waals surface area contributed by atoms with Gasteiger partial charge in [0, 0.05) is 38.6 Å². The van der Waals surface area contributed by atoms with Crippen LogP contribution in [0.4, 0.5) is 0 Å². The highest BCUT2D eigenvalue weighted by Gasteiger charge is 2.16. The van der Waals surface area contributed by atoms with Crippen LogP contribution in [0.15, 0.2) is 65.6 Å². The average molecular weight is 311 g/mol. The molecule has 0 saturated carbocycles. The first-order valence-electron chi connectivity index (χ1n) is 7.26. The van der Waals surface area contributed by atoms with Gasteiger partial charge >= 0.3 is 0 Å². The van der Waals surface area contributed by atoms with Gasteiger partial charge in [-0.3, -0.25) is 4.79 Å². The van der Waals surface area contributed by atoms with Crippen molar-refractivity contribution in [3.63, 3.8) is 0 Å². The van der Waals surface area contributed by atoms with Gasteiger partial charge < -0.3 is 18.6 Å². The summed E-state index contributed by atoms with van der Waals surface area (Å²) in [6.07, 6.45) is 5.29. The van der Waals surface area contributed by atoms with Crippen molar-refractivity contribution in [3.8, 4) is 11.7 Å². The summed E-state index contributed by atoms with van der Waals surface area (Å²) >= 11 is 0. The van der Waals surface area contributed by atoms with Crippen LogP contribution in [-0.2, 0) is 6.54 Å². The summed E-state index contributed by atoms with van der Waals surface area (Å²) in [5.74, 6) is 1.02. The number of hydrogen-bond donors (Lipinski definition) is 0. The lowest BCUT2D eigenvalue weighted by molar-refractivity contribution is 0.0753. The Morgan fingerprint density at radius 3 is 2.83 bits per heavy atom. The first-order valence-corrected chi connectivity index (χ1v) is 7.26. The molecule has 0 N–H and O–H groups in total. The summed E-state index contributed by atoms with van der Waals surface area (Å²) in [5, 5.41) is 0. The predicted molar refractivity (Wildman–Crippen MR) is 84.4 cm³/mol. The Kier molecular flexibility index (Phi) is 4.42. The smallest absolute Gasteiger partial charge is 0.290 e. The first kappa shape index (κ1) is 14.9. The number of aromatic nitrogens is 2. The molecule has 3 rings (SSSR count). The van der Waals surface area contributed by atoms with Crippen molar-refractivity contribution >= 4 is 5.91 Å². The molecular formula is C17H17N3O3. The number of rotatable bonds is 6. The van der Waals surface area contributed by atoms with Crippen LogP contribution in [0, 0.1) is 0 Å². The van der Waals surface area contributed by atoms with Crippen LogP contribution in [0.1, 0.15) is 10.6 Å². The van der Waals surface area contributed by atoms with Crippen molar-refractivity contribution in [3.05, 3.63) is 66.9 Å². The maximum Gasteiger partial charge on any atom is 0.290 e. The summed E-state index contributed by atoms with van der Waals surface area (Å²) in [4.78, 5) is 17.9. The molecule has 2 aromatic heterocycles. The second-order valence-electron chi connectivity index (χ2n) is 5.06. The Balaban J connectivity index is 1.59. The Hall–Kier alpha value is -3.02. The number of carbonyl (C=O) groups is 1. The van der Waals surface area contributed by atoms with Crippen LogP contribution in [-0.4, -0.2) is 34.0 Å². The lowest BCUT2D eigenvalue weighted by Crippen LogP contribution is -2.29. The molecule has 0 bridgehead atoms. The maximum atomic E-state index is 12.3. The van der Waals surface area contributed by atoms with Crippen LogP contribution < -0.4 is 4.74 Å². The zero-order chi connectivity index (χ0) is 16.1. The number of hydrogen-bond acceptors (Lipinski definition) is 4. The minimum atomic E-state index is -0.187. The molecule has 0 aliphatic rings. The minimum absolute atomic E-state index is 0.187. The van der Waals surface area contributed by atoms with Crippen LogP contribution in [0.3, 0.4) is 0 Å². The highest BCUT2D eigenvalue weighted by atomic mass is 16.6. The van der Waals surface area contributed by atoms with Gasteiger partial charge in [-0.1, -0.05) is 18.2 Å². The fraction of sp³-hybridized carbons (Fsp3) is 0.176. The summed E-state index contributed by atoms with van der Waals surface area (Å²) in [6.45, 7) is 1.24. The average Bonchev–Trinajstić information content (AvgIpc) is 3.24. The Labute approximate surface area is 133 Å². The first-order chi connectivity index (χ1) is 11.2. The number of nitrogens with zero attached hydrogens (tertiary/aromatic N) is 3. The lowest BCUT2D eigenvalue weighted by Gasteiger charge is -2.15. The van der Waals surface area contributed by atoms with E-state index >= 15 is 0 Å². The van der Waals surface area contributed by atoms with Gasteiger partial charge in [0.2, 0.25) is 0 Å². The largest absolute Gasteiger partial charge is 0.426 e. The molecule has 0 aliphatic carbocycles. The van der Waals surface area contributed by atoms with E-state index in [1.54, 1.807) is 36.6 Å². The number of furan rings is 1. The molecule has 0 aliphatic heterocycles. The third-order valence-corrected chi connectivity index (χ3v) is 3.35. The molecule has 6 heteroatoms. The molecule has 0 saturated heterocycles. The molecule has 118 valence electrons. The van der Waals surface area contributed by atoms with E-state index in [4.69, 9.17) is 9.15 Å². The van der Waals surface area contributed by atoms with Crippen molar-refractivity contribution in [1.82, 2.24) is 14.5 Å². The number of benzene rings is 1. The molecule has 0 unspecified atom stereocenters. The number of ether oxygens (including phenoxy) is 1. The fourth-order valence-corrected chi connectivity index (χ4v) is 2.07. The second-order valence-corrected chi connectivity index (χ2v) is 5.06. The SMILES string of the molecule is CN(CCn1ccnc1)C(=O)c1ccc(Oc2ccccc2)o1. The highest BCUT2D eigenvalue weighted by molar-refractivity contribution is 5.91. The summed E-state index contributed by atoms with van der Waals surface area (Å²) < 4.78 is 12.9. The molecule has 0 radical (unpaired) electrons. The third-order valence-electron chi connectivity index (χ3n) is 3.35. The Morgan fingerprint density at radius 1 is 1.26 bits per heavy atom. The number of amides is 1. The van der Waals surface area contributed by atoms with Crippen LogP contribution in [0.5, 0.6) is 11.7 Å². The van der Waals surface area contributed by atoms with E-state index in [1.807, 2.05) is 41.1 Å². The summed E-state index contributed by atoms with van der Waals surface area (Å²) in [7, 11) is 1.74.